The molecule has 7 nitrogen and oxygen atoms in total. The number of hydrogen-bond donors (Lipinski definition) is 1. The van der Waals surface area contributed by atoms with Gasteiger partial charge in [0.15, 0.2) is 11.8 Å². The molecule has 1 N–H and O–H groups in total. The van der Waals surface area contributed by atoms with Gasteiger partial charge in [0.25, 0.3) is 0 Å². The maximum Gasteiger partial charge on any atom is 0.194 e. The number of nitrogens with one attached hydrogen (secondary N) is 1. The Morgan fingerprint density at radius 2 is 2.04 bits per heavy atom. The molecule has 0 saturated carbocycles. The van der Waals surface area contributed by atoms with E-state index >= 15 is 0 Å². The number of ether oxygens (including phenoxy) is 1. The number of aromatic nitrogens is 3. The number of nitrogens with zero attached hydrogens (tertiary/aromatic N) is 5. The van der Waals surface area contributed by atoms with Gasteiger partial charge in [-0.3, -0.25) is 0 Å². The lowest BCUT2D eigenvalue weighted by molar-refractivity contribution is 0.195. The Morgan fingerprint density at radius 3 is 2.69 bits per heavy atom. The standard InChI is InChI=1S/C19H30N6O/c1-15-9-6-7-10-17(15)14-24(3)19(20-11-8-12-26-5)21-13-18-23-22-16(2)25(18)4/h6-7,9-10H,8,11-14H2,1-5H3,(H,20,21). The molecule has 0 fully saturated rings. The predicted octanol–water partition coefficient (Wildman–Crippen LogP) is 2.05. The van der Waals surface area contributed by atoms with Crippen molar-refractivity contribution in [2.75, 3.05) is 27.3 Å². The van der Waals surface area contributed by atoms with Gasteiger partial charge in [-0.2, -0.15) is 0 Å². The molecule has 2 aromatic rings. The second-order valence-corrected chi connectivity index (χ2v) is 6.42. The van der Waals surface area contributed by atoms with Crippen LogP contribution in [0.5, 0.6) is 0 Å². The SMILES string of the molecule is COCCCNC(=NCc1nnc(C)n1C)N(C)Cc1ccccc1C. The molecule has 2 rings (SSSR count). The maximum atomic E-state index is 5.13. The molecule has 142 valence electrons. The molecule has 1 heterocycles. The van der Waals surface area contributed by atoms with Crippen molar-refractivity contribution >= 4 is 5.96 Å². The molecule has 0 unspecified atom stereocenters. The lowest BCUT2D eigenvalue weighted by atomic mass is 10.1. The van der Waals surface area contributed by atoms with E-state index in [9.17, 15) is 0 Å². The number of aryl methyl sites for hydroxylation is 2. The average Bonchev–Trinajstić information content (AvgIpc) is 2.95. The van der Waals surface area contributed by atoms with Crippen molar-refractivity contribution in [3.63, 3.8) is 0 Å². The predicted molar refractivity (Wildman–Crippen MR) is 104 cm³/mol. The van der Waals surface area contributed by atoms with Crippen LogP contribution in [0.2, 0.25) is 0 Å². The Morgan fingerprint density at radius 1 is 1.27 bits per heavy atom. The summed E-state index contributed by atoms with van der Waals surface area (Å²) < 4.78 is 7.09. The summed E-state index contributed by atoms with van der Waals surface area (Å²) in [6, 6.07) is 8.42. The van der Waals surface area contributed by atoms with Crippen LogP contribution in [0.1, 0.15) is 29.2 Å². The van der Waals surface area contributed by atoms with Crippen molar-refractivity contribution < 1.29 is 4.74 Å². The summed E-state index contributed by atoms with van der Waals surface area (Å²) in [4.78, 5) is 6.90. The van der Waals surface area contributed by atoms with E-state index in [0.29, 0.717) is 6.54 Å². The molecule has 0 bridgehead atoms. The van der Waals surface area contributed by atoms with Crippen LogP contribution in [0, 0.1) is 13.8 Å². The van der Waals surface area contributed by atoms with E-state index in [4.69, 9.17) is 9.73 Å². The van der Waals surface area contributed by atoms with Crippen molar-refractivity contribution in [1.29, 1.82) is 0 Å². The second kappa shape index (κ2) is 9.91. The van der Waals surface area contributed by atoms with Crippen molar-refractivity contribution in [2.45, 2.75) is 33.4 Å². The topological polar surface area (TPSA) is 67.6 Å². The summed E-state index contributed by atoms with van der Waals surface area (Å²) in [5.74, 6) is 2.59. The van der Waals surface area contributed by atoms with Crippen LogP contribution < -0.4 is 5.32 Å². The first-order chi connectivity index (χ1) is 12.5. The zero-order valence-electron chi connectivity index (χ0n) is 16.5. The third-order valence-corrected chi connectivity index (χ3v) is 4.39. The lowest BCUT2D eigenvalue weighted by Gasteiger charge is -2.23. The number of rotatable bonds is 8. The van der Waals surface area contributed by atoms with E-state index in [1.54, 1.807) is 7.11 Å². The minimum Gasteiger partial charge on any atom is -0.385 e. The highest BCUT2D eigenvalue weighted by atomic mass is 16.5. The minimum absolute atomic E-state index is 0.488. The fourth-order valence-corrected chi connectivity index (χ4v) is 2.58. The lowest BCUT2D eigenvalue weighted by Crippen LogP contribution is -2.39. The van der Waals surface area contributed by atoms with Gasteiger partial charge >= 0.3 is 0 Å². The van der Waals surface area contributed by atoms with Crippen molar-refractivity contribution in [3.8, 4) is 0 Å². The Kier molecular flexibility index (Phi) is 7.59. The smallest absolute Gasteiger partial charge is 0.194 e. The van der Waals surface area contributed by atoms with E-state index in [1.807, 2.05) is 18.5 Å². The fourth-order valence-electron chi connectivity index (χ4n) is 2.58. The second-order valence-electron chi connectivity index (χ2n) is 6.42. The molecule has 7 heteroatoms. The fraction of sp³-hybridized carbons (Fsp3) is 0.526. The Balaban J connectivity index is 2.09. The Hall–Kier alpha value is -2.41. The van der Waals surface area contributed by atoms with Crippen molar-refractivity contribution in [2.24, 2.45) is 12.0 Å². The minimum atomic E-state index is 0.488. The zero-order chi connectivity index (χ0) is 18.9. The van der Waals surface area contributed by atoms with Crippen LogP contribution in [0.15, 0.2) is 29.3 Å². The van der Waals surface area contributed by atoms with Crippen LogP contribution in [0.3, 0.4) is 0 Å². The molecular formula is C19H30N6O. The summed E-state index contributed by atoms with van der Waals surface area (Å²) in [6.45, 7) is 6.89. The Bertz CT molecular complexity index is 725. The molecule has 26 heavy (non-hydrogen) atoms. The number of aliphatic imine (C=N–C) groups is 1. The summed E-state index contributed by atoms with van der Waals surface area (Å²) in [5, 5.41) is 11.7. The zero-order valence-corrected chi connectivity index (χ0v) is 16.5. The van der Waals surface area contributed by atoms with E-state index < -0.39 is 0 Å². The van der Waals surface area contributed by atoms with E-state index in [0.717, 1.165) is 43.7 Å². The first kappa shape index (κ1) is 19.9. The monoisotopic (exact) mass is 358 g/mol. The highest BCUT2D eigenvalue weighted by molar-refractivity contribution is 5.79. The average molecular weight is 358 g/mol. The van der Waals surface area contributed by atoms with Gasteiger partial charge in [0.05, 0.1) is 0 Å². The van der Waals surface area contributed by atoms with E-state index in [2.05, 4.69) is 58.7 Å². The van der Waals surface area contributed by atoms with Gasteiger partial charge in [0.2, 0.25) is 0 Å². The van der Waals surface area contributed by atoms with Crippen molar-refractivity contribution in [3.05, 3.63) is 47.0 Å². The van der Waals surface area contributed by atoms with Crippen LogP contribution in [0.25, 0.3) is 0 Å². The highest BCUT2D eigenvalue weighted by Gasteiger charge is 2.10. The maximum absolute atomic E-state index is 5.13. The third-order valence-electron chi connectivity index (χ3n) is 4.39. The third kappa shape index (κ3) is 5.56. The van der Waals surface area contributed by atoms with Crippen LogP contribution >= 0.6 is 0 Å². The molecule has 1 aromatic carbocycles. The summed E-state index contributed by atoms with van der Waals surface area (Å²) in [5.41, 5.74) is 2.57. The van der Waals surface area contributed by atoms with Gasteiger partial charge < -0.3 is 19.5 Å². The molecule has 0 radical (unpaired) electrons. The van der Waals surface area contributed by atoms with Crippen LogP contribution in [-0.4, -0.2) is 52.9 Å². The largest absolute Gasteiger partial charge is 0.385 e. The van der Waals surface area contributed by atoms with Gasteiger partial charge in [-0.1, -0.05) is 24.3 Å². The summed E-state index contributed by atoms with van der Waals surface area (Å²) in [6.07, 6.45) is 0.927. The van der Waals surface area contributed by atoms with Crippen LogP contribution in [-0.2, 0) is 24.9 Å². The molecule has 0 atom stereocenters. The first-order valence-corrected chi connectivity index (χ1v) is 8.90. The quantitative estimate of drug-likeness (QED) is 0.444. The van der Waals surface area contributed by atoms with E-state index in [-0.39, 0.29) is 0 Å². The number of benzene rings is 1. The van der Waals surface area contributed by atoms with Crippen molar-refractivity contribution in [1.82, 2.24) is 25.0 Å². The molecule has 0 amide bonds. The van der Waals surface area contributed by atoms with Gasteiger partial charge in [-0.25, -0.2) is 4.99 Å². The van der Waals surface area contributed by atoms with Crippen LogP contribution in [0.4, 0.5) is 0 Å². The van der Waals surface area contributed by atoms with Gasteiger partial charge in [-0.05, 0) is 31.4 Å². The number of hydrogen-bond acceptors (Lipinski definition) is 4. The highest BCUT2D eigenvalue weighted by Crippen LogP contribution is 2.10. The molecule has 0 aliphatic carbocycles. The summed E-state index contributed by atoms with van der Waals surface area (Å²) in [7, 11) is 5.73. The van der Waals surface area contributed by atoms with Gasteiger partial charge in [0.1, 0.15) is 12.4 Å². The molecule has 0 aliphatic heterocycles. The summed E-state index contributed by atoms with van der Waals surface area (Å²) >= 11 is 0. The molecule has 0 saturated heterocycles. The molecule has 1 aromatic heterocycles. The number of methoxy groups -OCH3 is 1. The molecule has 0 aliphatic rings. The first-order valence-electron chi connectivity index (χ1n) is 8.90. The Labute approximate surface area is 156 Å². The molecule has 0 spiro atoms. The molecular weight excluding hydrogens is 328 g/mol. The normalized spacial score (nSPS) is 11.7. The van der Waals surface area contributed by atoms with Gasteiger partial charge in [-0.15, -0.1) is 10.2 Å². The van der Waals surface area contributed by atoms with Gasteiger partial charge in [0, 0.05) is 40.9 Å². The van der Waals surface area contributed by atoms with E-state index in [1.165, 1.54) is 11.1 Å². The number of guanidine groups is 1.